The molecule has 1 aliphatic rings. The molecule has 3 nitrogen and oxygen atoms in total. The van der Waals surface area contributed by atoms with Gasteiger partial charge in [-0.2, -0.15) is 0 Å². The van der Waals surface area contributed by atoms with Crippen molar-refractivity contribution in [3.05, 3.63) is 94.6 Å². The quantitative estimate of drug-likeness (QED) is 0.442. The average molecular weight is 400 g/mol. The van der Waals surface area contributed by atoms with Crippen molar-refractivity contribution < 1.29 is 4.39 Å². The zero-order valence-corrected chi connectivity index (χ0v) is 17.5. The molecule has 0 amide bonds. The van der Waals surface area contributed by atoms with Crippen LogP contribution in [0.15, 0.2) is 60.8 Å². The highest BCUT2D eigenvalue weighted by molar-refractivity contribution is 5.93. The van der Waals surface area contributed by atoms with Crippen molar-refractivity contribution >= 4 is 16.7 Å². The number of pyridine rings is 1. The third-order valence-corrected chi connectivity index (χ3v) is 6.39. The molecule has 2 aromatic carbocycles. The maximum Gasteiger partial charge on any atom is 0.153 e. The predicted molar refractivity (Wildman–Crippen MR) is 121 cm³/mol. The molecule has 4 heteroatoms. The number of nitrogens with zero attached hydrogens (tertiary/aromatic N) is 3. The van der Waals surface area contributed by atoms with Gasteiger partial charge in [-0.25, -0.2) is 9.37 Å². The number of rotatable bonds is 4. The van der Waals surface area contributed by atoms with Gasteiger partial charge in [0.15, 0.2) is 5.82 Å². The molecule has 152 valence electrons. The van der Waals surface area contributed by atoms with E-state index in [1.54, 1.807) is 12.1 Å². The van der Waals surface area contributed by atoms with Crippen LogP contribution in [0, 0.1) is 12.7 Å². The van der Waals surface area contributed by atoms with Crippen molar-refractivity contribution in [2.45, 2.75) is 39.8 Å². The maximum absolute atomic E-state index is 14.5. The highest BCUT2D eigenvalue weighted by Gasteiger charge is 2.23. The number of benzene rings is 2. The van der Waals surface area contributed by atoms with E-state index >= 15 is 0 Å². The molecular weight excluding hydrogens is 373 g/mol. The normalized spacial score (nSPS) is 13.6. The van der Waals surface area contributed by atoms with Crippen LogP contribution in [0.2, 0.25) is 0 Å². The van der Waals surface area contributed by atoms with Crippen LogP contribution in [0.3, 0.4) is 0 Å². The smallest absolute Gasteiger partial charge is 0.153 e. The fraction of sp³-hybridized carbons (Fsp3) is 0.269. The van der Waals surface area contributed by atoms with Crippen LogP contribution < -0.4 is 4.90 Å². The van der Waals surface area contributed by atoms with Gasteiger partial charge in [-0.1, -0.05) is 49.4 Å². The Morgan fingerprint density at radius 3 is 2.57 bits per heavy atom. The van der Waals surface area contributed by atoms with Gasteiger partial charge in [-0.05, 0) is 48.6 Å². The highest BCUT2D eigenvalue weighted by Crippen LogP contribution is 2.35. The van der Waals surface area contributed by atoms with E-state index < -0.39 is 0 Å². The molecule has 5 rings (SSSR count). The Balaban J connectivity index is 1.66. The van der Waals surface area contributed by atoms with Gasteiger partial charge in [0.2, 0.25) is 0 Å². The van der Waals surface area contributed by atoms with Gasteiger partial charge in [0.05, 0.1) is 12.1 Å². The minimum absolute atomic E-state index is 0.156. The molecule has 0 atom stereocenters. The molecule has 0 unspecified atom stereocenters. The zero-order valence-electron chi connectivity index (χ0n) is 17.5. The second-order valence-corrected chi connectivity index (χ2v) is 8.07. The average Bonchev–Trinajstić information content (AvgIpc) is 3.06. The van der Waals surface area contributed by atoms with Crippen LogP contribution in [-0.4, -0.2) is 16.1 Å². The van der Waals surface area contributed by atoms with Crippen molar-refractivity contribution in [1.29, 1.82) is 0 Å². The first-order chi connectivity index (χ1) is 14.7. The lowest BCUT2D eigenvalue weighted by molar-refractivity contribution is 0.598. The number of aryl methyl sites for hydroxylation is 1. The summed E-state index contributed by atoms with van der Waals surface area (Å²) in [6.45, 7) is 6.66. The van der Waals surface area contributed by atoms with Crippen molar-refractivity contribution in [3.63, 3.8) is 0 Å². The second kappa shape index (κ2) is 7.60. The van der Waals surface area contributed by atoms with Gasteiger partial charge in [0.1, 0.15) is 5.82 Å². The fourth-order valence-electron chi connectivity index (χ4n) is 4.84. The van der Waals surface area contributed by atoms with Gasteiger partial charge in [-0.3, -0.25) is 0 Å². The lowest BCUT2D eigenvalue weighted by atomic mass is 10.00. The van der Waals surface area contributed by atoms with E-state index in [9.17, 15) is 4.39 Å². The first kappa shape index (κ1) is 18.9. The van der Waals surface area contributed by atoms with Crippen LogP contribution in [-0.2, 0) is 25.9 Å². The van der Waals surface area contributed by atoms with Crippen LogP contribution >= 0.6 is 0 Å². The van der Waals surface area contributed by atoms with E-state index in [0.29, 0.717) is 12.1 Å². The summed E-state index contributed by atoms with van der Waals surface area (Å²) in [5.74, 6) is 0.845. The molecule has 0 bridgehead atoms. The summed E-state index contributed by atoms with van der Waals surface area (Å²) in [4.78, 5) is 7.20. The van der Waals surface area contributed by atoms with Crippen molar-refractivity contribution in [2.75, 3.05) is 11.4 Å². The highest BCUT2D eigenvalue weighted by atomic mass is 19.1. The third-order valence-electron chi connectivity index (χ3n) is 6.39. The van der Waals surface area contributed by atoms with Crippen LogP contribution in [0.25, 0.3) is 10.9 Å². The summed E-state index contributed by atoms with van der Waals surface area (Å²) in [6.07, 6.45) is 3.83. The number of fused-ring (bicyclic) bond motifs is 2. The standard InChI is InChI=1S/C26H26FN3/c1-3-24-18(2)22-12-14-28-26(29-15-13-19-8-4-5-9-20(19)16-29)25(22)30(24)17-21-10-6-7-11-23(21)27/h4-12,14H,3,13,15-17H2,1-2H3. The number of hydrogen-bond donors (Lipinski definition) is 0. The second-order valence-electron chi connectivity index (χ2n) is 8.07. The lowest BCUT2D eigenvalue weighted by Crippen LogP contribution is -2.31. The number of halogens is 1. The molecule has 0 spiro atoms. The fourth-order valence-corrected chi connectivity index (χ4v) is 4.84. The Kier molecular flexibility index (Phi) is 4.78. The summed E-state index contributed by atoms with van der Waals surface area (Å²) < 4.78 is 16.8. The largest absolute Gasteiger partial charge is 0.350 e. The lowest BCUT2D eigenvalue weighted by Gasteiger charge is -2.30. The zero-order chi connectivity index (χ0) is 20.7. The molecule has 3 heterocycles. The Labute approximate surface area is 176 Å². The van der Waals surface area contributed by atoms with E-state index in [4.69, 9.17) is 4.98 Å². The Morgan fingerprint density at radius 2 is 1.77 bits per heavy atom. The molecule has 2 aromatic heterocycles. The Bertz CT molecular complexity index is 1220. The van der Waals surface area contributed by atoms with Gasteiger partial charge in [0, 0.05) is 35.9 Å². The molecule has 1 aliphatic heterocycles. The summed E-state index contributed by atoms with van der Waals surface area (Å²) in [5, 5.41) is 1.21. The first-order valence-corrected chi connectivity index (χ1v) is 10.7. The van der Waals surface area contributed by atoms with Crippen LogP contribution in [0.4, 0.5) is 10.2 Å². The van der Waals surface area contributed by atoms with E-state index in [1.807, 2.05) is 18.3 Å². The van der Waals surface area contributed by atoms with Crippen molar-refractivity contribution in [1.82, 2.24) is 9.55 Å². The van der Waals surface area contributed by atoms with Crippen LogP contribution in [0.1, 0.15) is 34.9 Å². The molecule has 4 aromatic rings. The van der Waals surface area contributed by atoms with E-state index in [0.717, 1.165) is 37.3 Å². The molecule has 30 heavy (non-hydrogen) atoms. The Hall–Kier alpha value is -3.14. The molecule has 0 saturated heterocycles. The molecular formula is C26H26FN3. The topological polar surface area (TPSA) is 21.1 Å². The van der Waals surface area contributed by atoms with E-state index in [1.165, 1.54) is 27.8 Å². The van der Waals surface area contributed by atoms with Gasteiger partial charge >= 0.3 is 0 Å². The van der Waals surface area contributed by atoms with Crippen molar-refractivity contribution in [2.24, 2.45) is 0 Å². The minimum atomic E-state index is -0.156. The predicted octanol–water partition coefficient (Wildman–Crippen LogP) is 5.66. The maximum atomic E-state index is 14.5. The number of aromatic nitrogens is 2. The molecule has 0 N–H and O–H groups in total. The molecule has 0 radical (unpaired) electrons. The van der Waals surface area contributed by atoms with Gasteiger partial charge in [0.25, 0.3) is 0 Å². The summed E-state index contributed by atoms with van der Waals surface area (Å²) in [5.41, 5.74) is 7.14. The van der Waals surface area contributed by atoms with E-state index in [-0.39, 0.29) is 5.82 Å². The SMILES string of the molecule is CCc1c(C)c2ccnc(N3CCc4ccccc4C3)c2n1Cc1ccccc1F. The van der Waals surface area contributed by atoms with Gasteiger partial charge in [-0.15, -0.1) is 0 Å². The number of anilines is 1. The molecule has 0 fully saturated rings. The van der Waals surface area contributed by atoms with Gasteiger partial charge < -0.3 is 9.47 Å². The summed E-state index contributed by atoms with van der Waals surface area (Å²) in [6, 6.07) is 17.8. The summed E-state index contributed by atoms with van der Waals surface area (Å²) in [7, 11) is 0. The molecule has 0 aliphatic carbocycles. The third kappa shape index (κ3) is 3.07. The Morgan fingerprint density at radius 1 is 1.00 bits per heavy atom. The minimum Gasteiger partial charge on any atom is -0.350 e. The first-order valence-electron chi connectivity index (χ1n) is 10.7. The molecule has 0 saturated carbocycles. The monoisotopic (exact) mass is 399 g/mol. The van der Waals surface area contributed by atoms with Crippen LogP contribution in [0.5, 0.6) is 0 Å². The number of hydrogen-bond acceptors (Lipinski definition) is 2. The summed E-state index contributed by atoms with van der Waals surface area (Å²) >= 11 is 0. The van der Waals surface area contributed by atoms with E-state index in [2.05, 4.69) is 53.6 Å². The van der Waals surface area contributed by atoms with Crippen molar-refractivity contribution in [3.8, 4) is 0 Å².